The van der Waals surface area contributed by atoms with E-state index in [1.807, 2.05) is 42.5 Å². The van der Waals surface area contributed by atoms with Gasteiger partial charge in [0.15, 0.2) is 17.7 Å². The minimum atomic E-state index is -1.27. The van der Waals surface area contributed by atoms with Crippen LogP contribution in [0.25, 0.3) is 21.9 Å². The molecular formula is C21H21N7O4. The number of nitrogens with two attached hydrogens (primary N) is 1. The molecule has 5 rings (SSSR count). The quantitative estimate of drug-likeness (QED) is 0.223. The van der Waals surface area contributed by atoms with Crippen molar-refractivity contribution in [3.63, 3.8) is 0 Å². The standard InChI is InChI=1S/C21H21N7O4/c22-18-15-19(28(10-23-15)20-17(31)16(30)14(9-29)32-20)26-21(25-18)27-24-8-11-5-6-12-3-1-2-4-13(12)7-11/h1-8,10,14,16-17,20,29-31H,9H2,(H3,22,25,26,27)/b24-8+/t14-,16-,17-,20?/m1/s1. The molecule has 0 saturated carbocycles. The largest absolute Gasteiger partial charge is 0.394 e. The lowest BCUT2D eigenvalue weighted by Crippen LogP contribution is -2.33. The first-order chi connectivity index (χ1) is 15.5. The number of ether oxygens (including phenoxy) is 1. The average Bonchev–Trinajstić information content (AvgIpc) is 3.35. The number of nitrogen functional groups attached to an aromatic ring is 1. The van der Waals surface area contributed by atoms with Crippen molar-refractivity contribution in [1.82, 2.24) is 19.5 Å². The number of hydrogen-bond acceptors (Lipinski definition) is 10. The molecule has 0 spiro atoms. The van der Waals surface area contributed by atoms with Crippen LogP contribution in [0.2, 0.25) is 0 Å². The van der Waals surface area contributed by atoms with Crippen LogP contribution in [0.1, 0.15) is 11.8 Å². The van der Waals surface area contributed by atoms with Crippen LogP contribution < -0.4 is 11.2 Å². The first-order valence-electron chi connectivity index (χ1n) is 9.95. The van der Waals surface area contributed by atoms with Crippen molar-refractivity contribution in [2.45, 2.75) is 24.5 Å². The SMILES string of the molecule is Nc1nc(N/N=C/c2ccc3ccccc3c2)nc2c1ncn2C1O[C@H](CO)[C@@H](O)[C@H]1O. The van der Waals surface area contributed by atoms with Crippen LogP contribution in [0.5, 0.6) is 0 Å². The fraction of sp³-hybridized carbons (Fsp3) is 0.238. The van der Waals surface area contributed by atoms with Crippen LogP contribution in [0.3, 0.4) is 0 Å². The molecule has 11 nitrogen and oxygen atoms in total. The molecule has 2 aromatic heterocycles. The second-order valence-electron chi connectivity index (χ2n) is 7.46. The third kappa shape index (κ3) is 3.52. The van der Waals surface area contributed by atoms with E-state index in [1.165, 1.54) is 10.9 Å². The van der Waals surface area contributed by atoms with Gasteiger partial charge < -0.3 is 25.8 Å². The first-order valence-corrected chi connectivity index (χ1v) is 9.95. The van der Waals surface area contributed by atoms with Crippen molar-refractivity contribution >= 4 is 39.9 Å². The van der Waals surface area contributed by atoms with Gasteiger partial charge in [-0.1, -0.05) is 36.4 Å². The number of hydrazone groups is 1. The first kappa shape index (κ1) is 20.3. The van der Waals surface area contributed by atoms with Crippen LogP contribution in [0.4, 0.5) is 11.8 Å². The van der Waals surface area contributed by atoms with Crippen LogP contribution in [-0.2, 0) is 4.74 Å². The molecule has 3 heterocycles. The predicted molar refractivity (Wildman–Crippen MR) is 118 cm³/mol. The van der Waals surface area contributed by atoms with Gasteiger partial charge in [-0.2, -0.15) is 15.1 Å². The molecule has 0 radical (unpaired) electrons. The highest BCUT2D eigenvalue weighted by atomic mass is 16.6. The number of fused-ring (bicyclic) bond motifs is 2. The van der Waals surface area contributed by atoms with Gasteiger partial charge in [-0.15, -0.1) is 0 Å². The molecule has 164 valence electrons. The number of rotatable bonds is 5. The van der Waals surface area contributed by atoms with Crippen molar-refractivity contribution < 1.29 is 20.1 Å². The Morgan fingerprint density at radius 2 is 1.94 bits per heavy atom. The van der Waals surface area contributed by atoms with Gasteiger partial charge in [0.1, 0.15) is 23.8 Å². The molecule has 1 fully saturated rings. The minimum Gasteiger partial charge on any atom is -0.394 e. The Hall–Kier alpha value is -3.64. The number of benzene rings is 2. The highest BCUT2D eigenvalue weighted by Crippen LogP contribution is 2.32. The maximum Gasteiger partial charge on any atom is 0.247 e. The van der Waals surface area contributed by atoms with E-state index >= 15 is 0 Å². The number of aromatic nitrogens is 4. The van der Waals surface area contributed by atoms with Gasteiger partial charge in [0.25, 0.3) is 0 Å². The summed E-state index contributed by atoms with van der Waals surface area (Å²) < 4.78 is 7.00. The lowest BCUT2D eigenvalue weighted by atomic mass is 10.1. The third-order valence-corrected chi connectivity index (χ3v) is 5.39. The Bertz CT molecular complexity index is 1310. The Morgan fingerprint density at radius 1 is 1.12 bits per heavy atom. The summed E-state index contributed by atoms with van der Waals surface area (Å²) in [6.45, 7) is -0.436. The second kappa shape index (κ2) is 8.13. The summed E-state index contributed by atoms with van der Waals surface area (Å²) in [6, 6.07) is 14.0. The van der Waals surface area contributed by atoms with Gasteiger partial charge in [0.2, 0.25) is 5.95 Å². The van der Waals surface area contributed by atoms with E-state index in [-0.39, 0.29) is 17.4 Å². The van der Waals surface area contributed by atoms with Crippen molar-refractivity contribution in [2.75, 3.05) is 17.8 Å². The minimum absolute atomic E-state index is 0.115. The maximum absolute atomic E-state index is 10.3. The summed E-state index contributed by atoms with van der Waals surface area (Å²) in [4.78, 5) is 12.7. The van der Waals surface area contributed by atoms with E-state index in [0.29, 0.717) is 5.52 Å². The molecular weight excluding hydrogens is 414 g/mol. The second-order valence-corrected chi connectivity index (χ2v) is 7.46. The van der Waals surface area contributed by atoms with Crippen LogP contribution in [-0.4, -0.2) is 66.0 Å². The predicted octanol–water partition coefficient (Wildman–Crippen LogP) is 0.619. The number of imidazole rings is 1. The van der Waals surface area contributed by atoms with E-state index in [1.54, 1.807) is 6.21 Å². The average molecular weight is 435 g/mol. The van der Waals surface area contributed by atoms with Gasteiger partial charge in [0, 0.05) is 0 Å². The Morgan fingerprint density at radius 3 is 2.72 bits per heavy atom. The Labute approximate surface area is 181 Å². The molecule has 1 saturated heterocycles. The van der Waals surface area contributed by atoms with Gasteiger partial charge in [-0.3, -0.25) is 4.57 Å². The smallest absolute Gasteiger partial charge is 0.247 e. The third-order valence-electron chi connectivity index (χ3n) is 5.39. The molecule has 0 aliphatic carbocycles. The summed E-state index contributed by atoms with van der Waals surface area (Å²) in [7, 11) is 0. The summed E-state index contributed by atoms with van der Waals surface area (Å²) in [5.41, 5.74) is 10.3. The Balaban J connectivity index is 1.41. The van der Waals surface area contributed by atoms with Gasteiger partial charge in [0.05, 0.1) is 19.1 Å². The van der Waals surface area contributed by atoms with Crippen LogP contribution >= 0.6 is 0 Å². The molecule has 4 aromatic rings. The number of hydrogen-bond donors (Lipinski definition) is 5. The lowest BCUT2D eigenvalue weighted by molar-refractivity contribution is -0.0511. The van der Waals surface area contributed by atoms with Crippen molar-refractivity contribution in [3.8, 4) is 0 Å². The normalized spacial score (nSPS) is 23.5. The molecule has 0 amide bonds. The number of aliphatic hydroxyl groups excluding tert-OH is 3. The van der Waals surface area contributed by atoms with Crippen molar-refractivity contribution in [2.24, 2.45) is 5.10 Å². The molecule has 4 atom stereocenters. The number of aliphatic hydroxyl groups is 3. The molecule has 1 aliphatic heterocycles. The summed E-state index contributed by atoms with van der Waals surface area (Å²) in [5, 5.41) is 36.1. The topological polar surface area (TPSA) is 164 Å². The Kier molecular flexibility index (Phi) is 5.15. The summed E-state index contributed by atoms with van der Waals surface area (Å²) in [6.07, 6.45) is -1.41. The van der Waals surface area contributed by atoms with Gasteiger partial charge in [-0.25, -0.2) is 10.4 Å². The van der Waals surface area contributed by atoms with E-state index < -0.39 is 31.1 Å². The summed E-state index contributed by atoms with van der Waals surface area (Å²) >= 11 is 0. The lowest BCUT2D eigenvalue weighted by Gasteiger charge is -2.16. The van der Waals surface area contributed by atoms with Crippen molar-refractivity contribution in [3.05, 3.63) is 54.4 Å². The van der Waals surface area contributed by atoms with E-state index in [0.717, 1.165) is 16.3 Å². The summed E-state index contributed by atoms with van der Waals surface area (Å²) in [5.74, 6) is 0.240. The van der Waals surface area contributed by atoms with E-state index in [4.69, 9.17) is 10.5 Å². The highest BCUT2D eigenvalue weighted by Gasteiger charge is 2.44. The molecule has 0 bridgehead atoms. The number of nitrogens with one attached hydrogen (secondary N) is 1. The van der Waals surface area contributed by atoms with Crippen molar-refractivity contribution in [1.29, 1.82) is 0 Å². The fourth-order valence-electron chi connectivity index (χ4n) is 3.74. The van der Waals surface area contributed by atoms with Gasteiger partial charge in [-0.05, 0) is 22.4 Å². The maximum atomic E-state index is 10.3. The fourth-order valence-corrected chi connectivity index (χ4v) is 3.74. The van der Waals surface area contributed by atoms with E-state index in [9.17, 15) is 15.3 Å². The molecule has 2 aromatic carbocycles. The monoisotopic (exact) mass is 435 g/mol. The van der Waals surface area contributed by atoms with E-state index in [2.05, 4.69) is 25.5 Å². The molecule has 32 heavy (non-hydrogen) atoms. The molecule has 1 unspecified atom stereocenters. The molecule has 11 heteroatoms. The molecule has 1 aliphatic rings. The van der Waals surface area contributed by atoms with Gasteiger partial charge >= 0.3 is 0 Å². The highest BCUT2D eigenvalue weighted by molar-refractivity contribution is 5.90. The zero-order valence-electron chi connectivity index (χ0n) is 16.8. The van der Waals surface area contributed by atoms with Crippen LogP contribution in [0.15, 0.2) is 53.9 Å². The number of anilines is 2. The zero-order valence-corrected chi connectivity index (χ0v) is 16.8. The number of nitrogens with zero attached hydrogens (tertiary/aromatic N) is 5. The van der Waals surface area contributed by atoms with Crippen LogP contribution in [0, 0.1) is 0 Å². The molecule has 6 N–H and O–H groups in total. The zero-order chi connectivity index (χ0) is 22.2.